The Labute approximate surface area is 138 Å². The molecule has 3 rings (SSSR count). The quantitative estimate of drug-likeness (QED) is 0.826. The molecule has 5 nitrogen and oxygen atoms in total. The Hall–Kier alpha value is -1.59. The average molecular weight is 318 g/mol. The van der Waals surface area contributed by atoms with Gasteiger partial charge in [-0.15, -0.1) is 0 Å². The number of rotatable bonds is 5. The fourth-order valence-corrected chi connectivity index (χ4v) is 3.38. The molecule has 0 bridgehead atoms. The van der Waals surface area contributed by atoms with Crippen molar-refractivity contribution in [2.24, 2.45) is 0 Å². The van der Waals surface area contributed by atoms with Crippen LogP contribution in [0, 0.1) is 0 Å². The predicted octanol–water partition coefficient (Wildman–Crippen LogP) is 1.56. The van der Waals surface area contributed by atoms with Crippen LogP contribution < -0.4 is 4.74 Å². The zero-order valence-corrected chi connectivity index (χ0v) is 13.9. The minimum Gasteiger partial charge on any atom is -0.496 e. The normalized spacial score (nSPS) is 22.3. The molecule has 126 valence electrons. The standard InChI is InChI=1S/C18H26N2O3/c1-22-17-7-3-2-5-15(17)13-18(21)20-10-8-19(9-11-20)14-16-6-4-12-23-16/h2-3,5,7,16H,4,6,8-14H2,1H3. The van der Waals surface area contributed by atoms with Crippen molar-refractivity contribution in [1.82, 2.24) is 9.80 Å². The Kier molecular flexibility index (Phi) is 5.51. The van der Waals surface area contributed by atoms with Gasteiger partial charge in [-0.3, -0.25) is 9.69 Å². The number of para-hydroxylation sites is 1. The molecule has 2 aliphatic rings. The van der Waals surface area contributed by atoms with E-state index in [1.54, 1.807) is 7.11 Å². The van der Waals surface area contributed by atoms with Crippen molar-refractivity contribution in [1.29, 1.82) is 0 Å². The summed E-state index contributed by atoms with van der Waals surface area (Å²) in [6.45, 7) is 5.41. The molecule has 0 aliphatic carbocycles. The van der Waals surface area contributed by atoms with Crippen molar-refractivity contribution in [3.8, 4) is 5.75 Å². The average Bonchev–Trinajstić information content (AvgIpc) is 3.09. The number of amides is 1. The van der Waals surface area contributed by atoms with Crippen LogP contribution in [0.25, 0.3) is 0 Å². The zero-order chi connectivity index (χ0) is 16.1. The van der Waals surface area contributed by atoms with Crippen molar-refractivity contribution in [2.75, 3.05) is 46.4 Å². The molecule has 0 saturated carbocycles. The van der Waals surface area contributed by atoms with E-state index in [9.17, 15) is 4.79 Å². The van der Waals surface area contributed by atoms with E-state index < -0.39 is 0 Å². The van der Waals surface area contributed by atoms with Crippen LogP contribution >= 0.6 is 0 Å². The van der Waals surface area contributed by atoms with Crippen LogP contribution in [-0.4, -0.2) is 68.3 Å². The van der Waals surface area contributed by atoms with Gasteiger partial charge in [-0.1, -0.05) is 18.2 Å². The topological polar surface area (TPSA) is 42.0 Å². The van der Waals surface area contributed by atoms with Gasteiger partial charge in [0, 0.05) is 44.9 Å². The van der Waals surface area contributed by atoms with E-state index in [-0.39, 0.29) is 5.91 Å². The highest BCUT2D eigenvalue weighted by Gasteiger charge is 2.25. The Balaban J connectivity index is 1.48. The molecule has 1 atom stereocenters. The number of methoxy groups -OCH3 is 1. The molecule has 0 radical (unpaired) electrons. The second-order valence-electron chi connectivity index (χ2n) is 6.31. The van der Waals surface area contributed by atoms with Crippen molar-refractivity contribution >= 4 is 5.91 Å². The third kappa shape index (κ3) is 4.24. The smallest absolute Gasteiger partial charge is 0.227 e. The number of hydrogen-bond acceptors (Lipinski definition) is 4. The largest absolute Gasteiger partial charge is 0.496 e. The van der Waals surface area contributed by atoms with Crippen LogP contribution in [0.4, 0.5) is 0 Å². The van der Waals surface area contributed by atoms with Gasteiger partial charge in [0.25, 0.3) is 0 Å². The maximum Gasteiger partial charge on any atom is 0.227 e. The van der Waals surface area contributed by atoms with E-state index in [0.29, 0.717) is 12.5 Å². The zero-order valence-electron chi connectivity index (χ0n) is 13.9. The minimum atomic E-state index is 0.186. The number of piperazine rings is 1. The molecule has 2 aliphatic heterocycles. The maximum absolute atomic E-state index is 12.5. The maximum atomic E-state index is 12.5. The van der Waals surface area contributed by atoms with E-state index in [0.717, 1.165) is 50.6 Å². The summed E-state index contributed by atoms with van der Waals surface area (Å²) in [6, 6.07) is 7.74. The Morgan fingerprint density at radius 3 is 2.74 bits per heavy atom. The molecular weight excluding hydrogens is 292 g/mol. The van der Waals surface area contributed by atoms with Crippen molar-refractivity contribution in [3.05, 3.63) is 29.8 Å². The predicted molar refractivity (Wildman–Crippen MR) is 88.7 cm³/mol. The van der Waals surface area contributed by atoms with Crippen molar-refractivity contribution < 1.29 is 14.3 Å². The summed E-state index contributed by atoms with van der Waals surface area (Å²) in [4.78, 5) is 16.9. The monoisotopic (exact) mass is 318 g/mol. The summed E-state index contributed by atoms with van der Waals surface area (Å²) in [5.41, 5.74) is 0.960. The SMILES string of the molecule is COc1ccccc1CC(=O)N1CCN(CC2CCCO2)CC1. The molecule has 5 heteroatoms. The van der Waals surface area contributed by atoms with Gasteiger partial charge in [-0.25, -0.2) is 0 Å². The highest BCUT2D eigenvalue weighted by atomic mass is 16.5. The lowest BCUT2D eigenvalue weighted by atomic mass is 10.1. The molecule has 23 heavy (non-hydrogen) atoms. The van der Waals surface area contributed by atoms with E-state index in [1.807, 2.05) is 29.2 Å². The van der Waals surface area contributed by atoms with Gasteiger partial charge in [0.1, 0.15) is 5.75 Å². The summed E-state index contributed by atoms with van der Waals surface area (Å²) in [5, 5.41) is 0. The van der Waals surface area contributed by atoms with Gasteiger partial charge in [0.15, 0.2) is 0 Å². The van der Waals surface area contributed by atoms with Crippen LogP contribution in [0.2, 0.25) is 0 Å². The third-order valence-corrected chi connectivity index (χ3v) is 4.75. The van der Waals surface area contributed by atoms with Crippen LogP contribution in [0.1, 0.15) is 18.4 Å². The summed E-state index contributed by atoms with van der Waals surface area (Å²) in [7, 11) is 1.65. The van der Waals surface area contributed by atoms with Gasteiger partial charge >= 0.3 is 0 Å². The second kappa shape index (κ2) is 7.79. The second-order valence-corrected chi connectivity index (χ2v) is 6.31. The highest BCUT2D eigenvalue weighted by molar-refractivity contribution is 5.79. The summed E-state index contributed by atoms with van der Waals surface area (Å²) < 4.78 is 11.0. The molecular formula is C18H26N2O3. The number of nitrogens with zero attached hydrogens (tertiary/aromatic N) is 2. The minimum absolute atomic E-state index is 0.186. The Bertz CT molecular complexity index is 521. The number of carbonyl (C=O) groups is 1. The highest BCUT2D eigenvalue weighted by Crippen LogP contribution is 2.19. The third-order valence-electron chi connectivity index (χ3n) is 4.75. The molecule has 1 aromatic carbocycles. The van der Waals surface area contributed by atoms with Gasteiger partial charge in [0.05, 0.1) is 19.6 Å². The molecule has 1 aromatic rings. The van der Waals surface area contributed by atoms with Gasteiger partial charge in [0.2, 0.25) is 5.91 Å². The fourth-order valence-electron chi connectivity index (χ4n) is 3.38. The van der Waals surface area contributed by atoms with E-state index in [4.69, 9.17) is 9.47 Å². The van der Waals surface area contributed by atoms with Crippen LogP contribution in [0.3, 0.4) is 0 Å². The first-order valence-corrected chi connectivity index (χ1v) is 8.50. The molecule has 1 unspecified atom stereocenters. The molecule has 0 spiro atoms. The summed E-state index contributed by atoms with van der Waals surface area (Å²) in [6.07, 6.45) is 3.16. The molecule has 2 heterocycles. The Morgan fingerprint density at radius 2 is 2.04 bits per heavy atom. The number of carbonyl (C=O) groups excluding carboxylic acids is 1. The number of hydrogen-bond donors (Lipinski definition) is 0. The van der Waals surface area contributed by atoms with Gasteiger partial charge in [-0.05, 0) is 18.9 Å². The van der Waals surface area contributed by atoms with Crippen molar-refractivity contribution in [2.45, 2.75) is 25.4 Å². The molecule has 2 saturated heterocycles. The van der Waals surface area contributed by atoms with Crippen LogP contribution in [-0.2, 0) is 16.0 Å². The molecule has 1 amide bonds. The van der Waals surface area contributed by atoms with Crippen LogP contribution in [0.15, 0.2) is 24.3 Å². The summed E-state index contributed by atoms with van der Waals surface area (Å²) >= 11 is 0. The molecule has 2 fully saturated rings. The molecule has 0 N–H and O–H groups in total. The number of benzene rings is 1. The van der Waals surface area contributed by atoms with Crippen LogP contribution in [0.5, 0.6) is 5.75 Å². The van der Waals surface area contributed by atoms with Crippen molar-refractivity contribution in [3.63, 3.8) is 0 Å². The lowest BCUT2D eigenvalue weighted by Gasteiger charge is -2.35. The van der Waals surface area contributed by atoms with E-state index >= 15 is 0 Å². The van der Waals surface area contributed by atoms with Gasteiger partial charge < -0.3 is 14.4 Å². The first-order valence-electron chi connectivity index (χ1n) is 8.50. The lowest BCUT2D eigenvalue weighted by Crippen LogP contribution is -2.50. The molecule has 0 aromatic heterocycles. The first kappa shape index (κ1) is 16.3. The summed E-state index contributed by atoms with van der Waals surface area (Å²) in [5.74, 6) is 0.976. The Morgan fingerprint density at radius 1 is 1.26 bits per heavy atom. The fraction of sp³-hybridized carbons (Fsp3) is 0.611. The van der Waals surface area contributed by atoms with Gasteiger partial charge in [-0.2, -0.15) is 0 Å². The van der Waals surface area contributed by atoms with E-state index in [1.165, 1.54) is 12.8 Å². The lowest BCUT2D eigenvalue weighted by molar-refractivity contribution is -0.132. The van der Waals surface area contributed by atoms with E-state index in [2.05, 4.69) is 4.90 Å². The number of ether oxygens (including phenoxy) is 2. The first-order chi connectivity index (χ1) is 11.3.